The van der Waals surface area contributed by atoms with Crippen molar-refractivity contribution in [2.45, 2.75) is 39.2 Å². The third kappa shape index (κ3) is 12.1. The molecule has 0 aromatic carbocycles. The lowest BCUT2D eigenvalue weighted by atomic mass is 10.0. The fraction of sp³-hybridized carbons (Fsp3) is 0.917. The molecule has 0 aliphatic rings. The molecule has 0 rings (SSSR count). The van der Waals surface area contributed by atoms with Gasteiger partial charge in [0.15, 0.2) is 0 Å². The molecular formula is C12H26NO6PS. The van der Waals surface area contributed by atoms with Crippen molar-refractivity contribution in [1.29, 1.82) is 0 Å². The van der Waals surface area contributed by atoms with E-state index in [1.54, 1.807) is 20.1 Å². The molecule has 0 aromatic rings. The summed E-state index contributed by atoms with van der Waals surface area (Å²) < 4.78 is 21.1. The normalized spacial score (nSPS) is 15.7. The van der Waals surface area contributed by atoms with Gasteiger partial charge in [-0.2, -0.15) is 0 Å². The number of amides is 1. The molecule has 0 radical (unpaired) electrons. The van der Waals surface area contributed by atoms with Crippen LogP contribution in [0.4, 0.5) is 4.79 Å². The maximum atomic E-state index is 11.5. The average molecular weight is 343 g/mol. The zero-order valence-electron chi connectivity index (χ0n) is 12.8. The van der Waals surface area contributed by atoms with Gasteiger partial charge in [-0.25, -0.2) is 4.57 Å². The number of carbonyl (C=O) groups excluding carboxylic acids is 1. The number of phosphoric ester groups is 1. The van der Waals surface area contributed by atoms with Gasteiger partial charge in [-0.1, -0.05) is 18.2 Å². The van der Waals surface area contributed by atoms with Crippen LogP contribution >= 0.6 is 19.6 Å². The van der Waals surface area contributed by atoms with Crippen LogP contribution < -0.4 is 5.32 Å². The van der Waals surface area contributed by atoms with E-state index in [0.717, 1.165) is 24.6 Å². The van der Waals surface area contributed by atoms with Gasteiger partial charge in [-0.3, -0.25) is 13.8 Å². The van der Waals surface area contributed by atoms with Crippen LogP contribution in [0.25, 0.3) is 0 Å². The van der Waals surface area contributed by atoms with Crippen molar-refractivity contribution in [1.82, 2.24) is 5.32 Å². The van der Waals surface area contributed by atoms with Crippen molar-refractivity contribution in [2.75, 3.05) is 26.0 Å². The van der Waals surface area contributed by atoms with E-state index in [2.05, 4.69) is 5.32 Å². The molecule has 126 valence electrons. The Kier molecular flexibility index (Phi) is 11.4. The van der Waals surface area contributed by atoms with Gasteiger partial charge < -0.3 is 15.3 Å². The van der Waals surface area contributed by atoms with Crippen LogP contribution in [0.3, 0.4) is 0 Å². The standard InChI is InChI=1S/C12H26NO6PS/c1-10(2)19-20(16,17)18-9-11(8-14)6-4-5-7-13-12(15)21-3/h10-11,14H,4-9H2,1-3H3,(H,13,15)(H,16,17). The molecule has 0 aromatic heterocycles. The van der Waals surface area contributed by atoms with Crippen LogP contribution in [0.15, 0.2) is 0 Å². The Morgan fingerprint density at radius 3 is 2.57 bits per heavy atom. The van der Waals surface area contributed by atoms with Gasteiger partial charge in [0.1, 0.15) is 0 Å². The van der Waals surface area contributed by atoms with Crippen molar-refractivity contribution in [3.05, 3.63) is 0 Å². The molecule has 0 saturated carbocycles. The summed E-state index contributed by atoms with van der Waals surface area (Å²) in [5.41, 5.74) is 0. The fourth-order valence-corrected chi connectivity index (χ4v) is 2.78. The van der Waals surface area contributed by atoms with E-state index < -0.39 is 13.9 Å². The van der Waals surface area contributed by atoms with Crippen LogP contribution in [0.5, 0.6) is 0 Å². The molecule has 1 amide bonds. The molecule has 0 fully saturated rings. The Balaban J connectivity index is 3.85. The number of unbranched alkanes of at least 4 members (excludes halogenated alkanes) is 1. The molecule has 0 spiro atoms. The quantitative estimate of drug-likeness (QED) is 0.391. The molecule has 0 saturated heterocycles. The van der Waals surface area contributed by atoms with E-state index in [0.29, 0.717) is 13.0 Å². The number of thioether (sulfide) groups is 1. The fourth-order valence-electron chi connectivity index (χ4n) is 1.54. The summed E-state index contributed by atoms with van der Waals surface area (Å²) in [6, 6.07) is 0. The summed E-state index contributed by atoms with van der Waals surface area (Å²) in [5.74, 6) is -0.225. The first kappa shape index (κ1) is 20.9. The second kappa shape index (κ2) is 11.5. The van der Waals surface area contributed by atoms with E-state index in [-0.39, 0.29) is 24.4 Å². The highest BCUT2D eigenvalue weighted by molar-refractivity contribution is 8.12. The van der Waals surface area contributed by atoms with Crippen LogP contribution in [0.2, 0.25) is 0 Å². The predicted octanol–water partition coefficient (Wildman–Crippen LogP) is 2.38. The third-order valence-corrected chi connectivity index (χ3v) is 4.25. The number of hydrogen-bond acceptors (Lipinski definition) is 6. The molecule has 9 heteroatoms. The minimum atomic E-state index is -4.05. The summed E-state index contributed by atoms with van der Waals surface area (Å²) in [7, 11) is -4.05. The average Bonchev–Trinajstić information content (AvgIpc) is 2.40. The molecule has 7 nitrogen and oxygen atoms in total. The summed E-state index contributed by atoms with van der Waals surface area (Å²) in [6.07, 6.45) is 3.51. The maximum Gasteiger partial charge on any atom is 0.472 e. The summed E-state index contributed by atoms with van der Waals surface area (Å²) in [4.78, 5) is 20.4. The van der Waals surface area contributed by atoms with Gasteiger partial charge in [-0.15, -0.1) is 0 Å². The van der Waals surface area contributed by atoms with E-state index in [9.17, 15) is 19.4 Å². The summed E-state index contributed by atoms with van der Waals surface area (Å²) in [5, 5.41) is 11.9. The van der Waals surface area contributed by atoms with Crippen molar-refractivity contribution in [3.63, 3.8) is 0 Å². The highest BCUT2D eigenvalue weighted by Crippen LogP contribution is 2.44. The number of phosphoric acid groups is 1. The zero-order valence-corrected chi connectivity index (χ0v) is 14.5. The molecular weight excluding hydrogens is 317 g/mol. The zero-order chi connectivity index (χ0) is 16.3. The largest absolute Gasteiger partial charge is 0.472 e. The van der Waals surface area contributed by atoms with E-state index in [1.165, 1.54) is 0 Å². The molecule has 0 aliphatic carbocycles. The Hall–Kier alpha value is -0.110. The highest BCUT2D eigenvalue weighted by atomic mass is 32.2. The smallest absolute Gasteiger partial charge is 0.396 e. The Morgan fingerprint density at radius 2 is 2.05 bits per heavy atom. The van der Waals surface area contributed by atoms with Crippen molar-refractivity contribution in [2.24, 2.45) is 5.92 Å². The van der Waals surface area contributed by atoms with Crippen LogP contribution in [-0.4, -0.2) is 47.4 Å². The predicted molar refractivity (Wildman–Crippen MR) is 83.3 cm³/mol. The van der Waals surface area contributed by atoms with Crippen molar-refractivity contribution < 1.29 is 28.4 Å². The Morgan fingerprint density at radius 1 is 1.38 bits per heavy atom. The van der Waals surface area contributed by atoms with Gasteiger partial charge in [-0.05, 0) is 32.9 Å². The first-order valence-corrected chi connectivity index (χ1v) is 9.61. The first-order chi connectivity index (χ1) is 9.80. The number of rotatable bonds is 11. The second-order valence-electron chi connectivity index (χ2n) is 4.88. The van der Waals surface area contributed by atoms with Gasteiger partial charge in [0.05, 0.1) is 12.7 Å². The lowest BCUT2D eigenvalue weighted by Gasteiger charge is -2.18. The minimum Gasteiger partial charge on any atom is -0.396 e. The van der Waals surface area contributed by atoms with E-state index >= 15 is 0 Å². The van der Waals surface area contributed by atoms with Crippen molar-refractivity contribution in [3.8, 4) is 0 Å². The number of hydrogen-bond donors (Lipinski definition) is 3. The van der Waals surface area contributed by atoms with E-state index in [1.807, 2.05) is 0 Å². The Bertz CT molecular complexity index is 342. The second-order valence-corrected chi connectivity index (χ2v) is 7.07. The van der Waals surface area contributed by atoms with Crippen LogP contribution in [0, 0.1) is 5.92 Å². The Labute approximate surface area is 130 Å². The molecule has 3 N–H and O–H groups in total. The number of carbonyl (C=O) groups is 1. The molecule has 21 heavy (non-hydrogen) atoms. The maximum absolute atomic E-state index is 11.5. The number of aliphatic hydroxyl groups excluding tert-OH is 1. The van der Waals surface area contributed by atoms with Crippen LogP contribution in [-0.2, 0) is 13.6 Å². The lowest BCUT2D eigenvalue weighted by Crippen LogP contribution is -2.20. The van der Waals surface area contributed by atoms with Gasteiger partial charge in [0.25, 0.3) is 5.24 Å². The van der Waals surface area contributed by atoms with Gasteiger partial charge >= 0.3 is 7.82 Å². The molecule has 0 bridgehead atoms. The number of nitrogens with one attached hydrogen (secondary N) is 1. The molecule has 0 heterocycles. The first-order valence-electron chi connectivity index (χ1n) is 6.89. The molecule has 2 unspecified atom stereocenters. The molecule has 2 atom stereocenters. The number of aliphatic hydroxyl groups is 1. The van der Waals surface area contributed by atoms with E-state index in [4.69, 9.17) is 9.05 Å². The topological polar surface area (TPSA) is 105 Å². The van der Waals surface area contributed by atoms with Crippen molar-refractivity contribution >= 4 is 24.8 Å². The van der Waals surface area contributed by atoms with Gasteiger partial charge in [0, 0.05) is 19.1 Å². The third-order valence-electron chi connectivity index (χ3n) is 2.57. The lowest BCUT2D eigenvalue weighted by molar-refractivity contribution is 0.0890. The highest BCUT2D eigenvalue weighted by Gasteiger charge is 2.24. The summed E-state index contributed by atoms with van der Waals surface area (Å²) >= 11 is 1.13. The molecule has 0 aliphatic heterocycles. The summed E-state index contributed by atoms with van der Waals surface area (Å²) in [6.45, 7) is 3.69. The monoisotopic (exact) mass is 343 g/mol. The van der Waals surface area contributed by atoms with Gasteiger partial charge in [0.2, 0.25) is 0 Å². The van der Waals surface area contributed by atoms with Crippen LogP contribution in [0.1, 0.15) is 33.1 Å². The SMILES string of the molecule is CSC(=O)NCCCCC(CO)COP(=O)(O)OC(C)C. The minimum absolute atomic E-state index is 0.0336.